The number of amides is 2. The number of urea groups is 1. The lowest BCUT2D eigenvalue weighted by Crippen LogP contribution is -2.47. The Morgan fingerprint density at radius 2 is 1.68 bits per heavy atom. The molecule has 2 saturated heterocycles. The molecule has 41 heavy (non-hydrogen) atoms. The molecule has 214 valence electrons. The fourth-order valence-electron chi connectivity index (χ4n) is 6.41. The van der Waals surface area contributed by atoms with E-state index in [2.05, 4.69) is 30.7 Å². The maximum absolute atomic E-state index is 13.8. The highest BCUT2D eigenvalue weighted by Crippen LogP contribution is 2.39. The molecule has 2 aromatic carbocycles. The first-order valence-corrected chi connectivity index (χ1v) is 14.7. The van der Waals surface area contributed by atoms with Gasteiger partial charge >= 0.3 is 18.0 Å². The first kappa shape index (κ1) is 27.5. The molecule has 9 nitrogen and oxygen atoms in total. The molecule has 1 aromatic heterocycles. The van der Waals surface area contributed by atoms with E-state index in [9.17, 15) is 9.59 Å². The molecule has 2 aliphatic heterocycles. The van der Waals surface area contributed by atoms with Gasteiger partial charge in [-0.05, 0) is 67.6 Å². The van der Waals surface area contributed by atoms with Gasteiger partial charge in [-0.25, -0.2) is 19.6 Å². The van der Waals surface area contributed by atoms with Gasteiger partial charge in [0.05, 0.1) is 11.6 Å². The Kier molecular flexibility index (Phi) is 8.07. The Hall–Kier alpha value is -3.69. The fourth-order valence-corrected chi connectivity index (χ4v) is 6.61. The first-order valence-electron chi connectivity index (χ1n) is 14.3. The Balaban J connectivity index is 1.07. The summed E-state index contributed by atoms with van der Waals surface area (Å²) in [6.07, 6.45) is 9.95. The number of carbonyl (C=O) groups is 2. The van der Waals surface area contributed by atoms with E-state index >= 15 is 0 Å². The lowest BCUT2D eigenvalue weighted by molar-refractivity contribution is 0.0696. The van der Waals surface area contributed by atoms with Crippen LogP contribution in [0, 0.1) is 0 Å². The summed E-state index contributed by atoms with van der Waals surface area (Å²) >= 11 is 6.36. The molecule has 3 aliphatic rings. The fraction of sp³-hybridized carbons (Fsp3) is 0.419. The quantitative estimate of drug-likeness (QED) is 0.351. The zero-order chi connectivity index (χ0) is 28.3. The van der Waals surface area contributed by atoms with Gasteiger partial charge in [0.15, 0.2) is 0 Å². The van der Waals surface area contributed by atoms with Crippen molar-refractivity contribution in [2.24, 2.45) is 0 Å². The SMILES string of the molecule is O=C(O)c1ccc(Oc2ncc(CN3CCC(N4C(=O)N(C5CCCC5)C[C@H]4c4cccc(Cl)c4)CC3)cn2)cc1. The number of likely N-dealkylation sites (tertiary alicyclic amines) is 1. The average Bonchev–Trinajstić information content (AvgIpc) is 3.63. The van der Waals surface area contributed by atoms with Crippen LogP contribution >= 0.6 is 11.6 Å². The lowest BCUT2D eigenvalue weighted by Gasteiger charge is -2.39. The zero-order valence-electron chi connectivity index (χ0n) is 22.9. The third-order valence-corrected chi connectivity index (χ3v) is 8.75. The lowest BCUT2D eigenvalue weighted by atomic mass is 9.99. The minimum absolute atomic E-state index is 0.0274. The van der Waals surface area contributed by atoms with Crippen LogP contribution in [0.15, 0.2) is 60.9 Å². The molecule has 6 rings (SSSR count). The summed E-state index contributed by atoms with van der Waals surface area (Å²) in [6.45, 7) is 3.22. The number of carbonyl (C=O) groups excluding carboxylic acids is 1. The summed E-state index contributed by atoms with van der Waals surface area (Å²) in [6, 6.07) is 15.1. The van der Waals surface area contributed by atoms with Crippen molar-refractivity contribution < 1.29 is 19.4 Å². The Morgan fingerprint density at radius 3 is 2.34 bits per heavy atom. The molecular weight excluding hydrogens is 542 g/mol. The number of aromatic nitrogens is 2. The maximum atomic E-state index is 13.8. The van der Waals surface area contributed by atoms with Crippen LogP contribution in [-0.4, -0.2) is 73.5 Å². The molecule has 1 aliphatic carbocycles. The molecule has 10 heteroatoms. The largest absolute Gasteiger partial charge is 0.478 e. The Labute approximate surface area is 244 Å². The second kappa shape index (κ2) is 12.0. The van der Waals surface area contributed by atoms with Gasteiger partial charge in [0.25, 0.3) is 0 Å². The van der Waals surface area contributed by atoms with Crippen molar-refractivity contribution in [1.82, 2.24) is 24.7 Å². The third kappa shape index (κ3) is 6.16. The normalized spacial score (nSPS) is 20.6. The number of ether oxygens (including phenoxy) is 1. The molecule has 2 amide bonds. The van der Waals surface area contributed by atoms with Crippen LogP contribution in [0.4, 0.5) is 4.79 Å². The van der Waals surface area contributed by atoms with Crippen molar-refractivity contribution in [3.8, 4) is 11.8 Å². The van der Waals surface area contributed by atoms with Gasteiger partial charge < -0.3 is 19.6 Å². The van der Waals surface area contributed by atoms with Crippen molar-refractivity contribution in [3.05, 3.63) is 82.6 Å². The monoisotopic (exact) mass is 575 g/mol. The number of hydrogen-bond acceptors (Lipinski definition) is 6. The van der Waals surface area contributed by atoms with Crippen molar-refractivity contribution in [2.75, 3.05) is 19.6 Å². The third-order valence-electron chi connectivity index (χ3n) is 8.52. The number of halogens is 1. The summed E-state index contributed by atoms with van der Waals surface area (Å²) < 4.78 is 5.66. The number of rotatable bonds is 8. The smallest absolute Gasteiger partial charge is 0.335 e. The molecule has 1 saturated carbocycles. The van der Waals surface area contributed by atoms with Gasteiger partial charge in [-0.2, -0.15) is 0 Å². The van der Waals surface area contributed by atoms with Crippen molar-refractivity contribution in [2.45, 2.75) is 63.2 Å². The number of piperidine rings is 1. The first-order chi connectivity index (χ1) is 19.9. The van der Waals surface area contributed by atoms with Crippen molar-refractivity contribution >= 4 is 23.6 Å². The Morgan fingerprint density at radius 1 is 0.976 bits per heavy atom. The molecule has 0 unspecified atom stereocenters. The van der Waals surface area contributed by atoms with E-state index in [4.69, 9.17) is 21.4 Å². The van der Waals surface area contributed by atoms with E-state index in [0.29, 0.717) is 16.8 Å². The number of benzene rings is 2. The molecule has 3 fully saturated rings. The predicted octanol–water partition coefficient (Wildman–Crippen LogP) is 6.01. The highest BCUT2D eigenvalue weighted by molar-refractivity contribution is 6.30. The number of nitrogens with zero attached hydrogens (tertiary/aromatic N) is 5. The van der Waals surface area contributed by atoms with Crippen LogP contribution in [0.2, 0.25) is 5.02 Å². The topological polar surface area (TPSA) is 99.1 Å². The van der Waals surface area contributed by atoms with Gasteiger partial charge in [-0.3, -0.25) is 4.90 Å². The molecule has 3 aromatic rings. The minimum atomic E-state index is -0.986. The number of aromatic carboxylic acids is 1. The molecule has 1 atom stereocenters. The van der Waals surface area contributed by atoms with Gasteiger partial charge in [-0.15, -0.1) is 0 Å². The highest BCUT2D eigenvalue weighted by Gasteiger charge is 2.45. The number of hydrogen-bond donors (Lipinski definition) is 1. The summed E-state index contributed by atoms with van der Waals surface area (Å²) in [5.41, 5.74) is 2.29. The molecular formula is C31H34ClN5O4. The summed E-state index contributed by atoms with van der Waals surface area (Å²) in [7, 11) is 0. The number of carboxylic acid groups (broad SMARTS) is 1. The standard InChI is InChI=1S/C31H34ClN5O4/c32-24-5-3-4-23(16-24)28-20-36(25-6-1-2-7-25)31(40)37(28)26-12-14-35(15-13-26)19-21-17-33-30(34-18-21)41-27-10-8-22(9-11-27)29(38)39/h3-5,8-11,16-18,25-26,28H,1-2,6-7,12-15,19-20H2,(H,38,39)/t28-/m0/s1. The van der Waals surface area contributed by atoms with E-state index in [1.165, 1.54) is 25.0 Å². The second-order valence-electron chi connectivity index (χ2n) is 11.2. The molecule has 0 bridgehead atoms. The van der Waals surface area contributed by atoms with Crippen LogP contribution in [0.3, 0.4) is 0 Å². The molecule has 3 heterocycles. The van der Waals surface area contributed by atoms with Crippen LogP contribution in [-0.2, 0) is 6.54 Å². The van der Waals surface area contributed by atoms with E-state index in [1.807, 2.05) is 18.2 Å². The zero-order valence-corrected chi connectivity index (χ0v) is 23.6. The molecule has 0 radical (unpaired) electrons. The van der Waals surface area contributed by atoms with Crippen molar-refractivity contribution in [3.63, 3.8) is 0 Å². The average molecular weight is 576 g/mol. The predicted molar refractivity (Wildman–Crippen MR) is 154 cm³/mol. The maximum Gasteiger partial charge on any atom is 0.335 e. The van der Waals surface area contributed by atoms with E-state index in [0.717, 1.165) is 63.0 Å². The van der Waals surface area contributed by atoms with E-state index in [1.54, 1.807) is 24.5 Å². The van der Waals surface area contributed by atoms with E-state index in [-0.39, 0.29) is 29.7 Å². The molecule has 0 spiro atoms. The van der Waals surface area contributed by atoms with Crippen LogP contribution in [0.1, 0.15) is 66.1 Å². The molecule has 1 N–H and O–H groups in total. The summed E-state index contributed by atoms with van der Waals surface area (Å²) in [5, 5.41) is 9.75. The Bertz CT molecular complexity index is 1370. The summed E-state index contributed by atoms with van der Waals surface area (Å²) in [4.78, 5) is 40.2. The highest BCUT2D eigenvalue weighted by atomic mass is 35.5. The van der Waals surface area contributed by atoms with Crippen molar-refractivity contribution in [1.29, 1.82) is 0 Å². The van der Waals surface area contributed by atoms with Gasteiger partial charge in [0.2, 0.25) is 0 Å². The van der Waals surface area contributed by atoms with Crippen LogP contribution in [0.25, 0.3) is 0 Å². The second-order valence-corrected chi connectivity index (χ2v) is 11.6. The minimum Gasteiger partial charge on any atom is -0.478 e. The van der Waals surface area contributed by atoms with Gasteiger partial charge in [0, 0.05) is 61.2 Å². The summed E-state index contributed by atoms with van der Waals surface area (Å²) in [5.74, 6) is -0.510. The van der Waals surface area contributed by atoms with Gasteiger partial charge in [-0.1, -0.05) is 36.6 Å². The van der Waals surface area contributed by atoms with E-state index < -0.39 is 5.97 Å². The van der Waals surface area contributed by atoms with Crippen LogP contribution < -0.4 is 4.74 Å². The number of carboxylic acids is 1. The van der Waals surface area contributed by atoms with Crippen LogP contribution in [0.5, 0.6) is 11.8 Å². The van der Waals surface area contributed by atoms with Gasteiger partial charge in [0.1, 0.15) is 5.75 Å².